The molecule has 0 unspecified atom stereocenters. The van der Waals surface area contributed by atoms with E-state index in [9.17, 15) is 0 Å². The smallest absolute Gasteiger partial charge is 0.0939 e. The molecule has 0 N–H and O–H groups in total. The number of rotatable bonds is 3. The van der Waals surface area contributed by atoms with Crippen LogP contribution in [0.2, 0.25) is 0 Å². The van der Waals surface area contributed by atoms with Gasteiger partial charge in [-0.2, -0.15) is 0 Å². The maximum atomic E-state index is 5.44. The summed E-state index contributed by atoms with van der Waals surface area (Å²) in [5, 5.41) is 1.21. The first-order chi connectivity index (χ1) is 9.74. The molecule has 0 amide bonds. The zero-order valence-electron chi connectivity index (χ0n) is 12.2. The number of ether oxygens (including phenoxy) is 1. The highest BCUT2D eigenvalue weighted by Crippen LogP contribution is 2.26. The number of aromatic nitrogens is 1. The van der Waals surface area contributed by atoms with Crippen molar-refractivity contribution in [1.82, 2.24) is 9.88 Å². The average Bonchev–Trinajstić information content (AvgIpc) is 2.47. The molecule has 0 saturated carbocycles. The number of morpholine rings is 1. The largest absolute Gasteiger partial charge is 0.378 e. The molecule has 1 saturated heterocycles. The molecule has 3 rings (SSSR count). The molecule has 0 aliphatic carbocycles. The minimum Gasteiger partial charge on any atom is -0.378 e. The van der Waals surface area contributed by atoms with Gasteiger partial charge in [0.2, 0.25) is 0 Å². The van der Waals surface area contributed by atoms with Crippen molar-refractivity contribution >= 4 is 16.6 Å². The van der Waals surface area contributed by atoms with Crippen LogP contribution in [0, 0.1) is 0 Å². The highest BCUT2D eigenvalue weighted by Gasteiger charge is 2.14. The summed E-state index contributed by atoms with van der Waals surface area (Å²) >= 11 is 0. The van der Waals surface area contributed by atoms with Gasteiger partial charge in [-0.1, -0.05) is 18.2 Å². The van der Waals surface area contributed by atoms with E-state index in [0.717, 1.165) is 44.1 Å². The first kappa shape index (κ1) is 13.3. The number of hydrogen-bond donors (Lipinski definition) is 0. The molecule has 20 heavy (non-hydrogen) atoms. The van der Waals surface area contributed by atoms with Crippen LogP contribution < -0.4 is 4.90 Å². The molecule has 1 aromatic heterocycles. The lowest BCUT2D eigenvalue weighted by atomic mass is 10.1. The molecule has 0 radical (unpaired) electrons. The third kappa shape index (κ3) is 2.76. The Morgan fingerprint density at radius 2 is 1.95 bits per heavy atom. The van der Waals surface area contributed by atoms with Gasteiger partial charge >= 0.3 is 0 Å². The van der Waals surface area contributed by atoms with Gasteiger partial charge in [-0.25, -0.2) is 4.98 Å². The first-order valence-electron chi connectivity index (χ1n) is 7.10. The van der Waals surface area contributed by atoms with Crippen LogP contribution in [0.25, 0.3) is 10.9 Å². The van der Waals surface area contributed by atoms with Gasteiger partial charge in [-0.05, 0) is 26.2 Å². The number of anilines is 1. The maximum Gasteiger partial charge on any atom is 0.0939 e. The average molecular weight is 271 g/mol. The second-order valence-corrected chi connectivity index (χ2v) is 5.49. The van der Waals surface area contributed by atoms with Gasteiger partial charge in [-0.3, -0.25) is 0 Å². The van der Waals surface area contributed by atoms with Crippen LogP contribution in [0.1, 0.15) is 5.69 Å². The first-order valence-corrected chi connectivity index (χ1v) is 7.10. The third-order valence-corrected chi connectivity index (χ3v) is 3.59. The highest BCUT2D eigenvalue weighted by atomic mass is 16.5. The summed E-state index contributed by atoms with van der Waals surface area (Å²) < 4.78 is 5.44. The van der Waals surface area contributed by atoms with E-state index >= 15 is 0 Å². The van der Waals surface area contributed by atoms with Crippen molar-refractivity contribution in [2.24, 2.45) is 0 Å². The lowest BCUT2D eigenvalue weighted by Crippen LogP contribution is -2.36. The summed E-state index contributed by atoms with van der Waals surface area (Å²) in [4.78, 5) is 9.38. The molecule has 4 heteroatoms. The Hall–Kier alpha value is -1.65. The summed E-state index contributed by atoms with van der Waals surface area (Å²) in [6, 6.07) is 10.7. The Balaban J connectivity index is 2.01. The van der Waals surface area contributed by atoms with Crippen LogP contribution in [0.15, 0.2) is 30.3 Å². The van der Waals surface area contributed by atoms with Crippen molar-refractivity contribution in [3.05, 3.63) is 36.0 Å². The Morgan fingerprint density at radius 1 is 1.15 bits per heavy atom. The van der Waals surface area contributed by atoms with Gasteiger partial charge < -0.3 is 14.5 Å². The fourth-order valence-electron chi connectivity index (χ4n) is 2.64. The van der Waals surface area contributed by atoms with Crippen LogP contribution in [-0.4, -0.2) is 50.3 Å². The molecule has 4 nitrogen and oxygen atoms in total. The molecule has 1 fully saturated rings. The molecule has 0 spiro atoms. The second-order valence-electron chi connectivity index (χ2n) is 5.49. The molecule has 0 atom stereocenters. The maximum absolute atomic E-state index is 5.44. The van der Waals surface area contributed by atoms with Crippen molar-refractivity contribution in [2.75, 3.05) is 45.3 Å². The van der Waals surface area contributed by atoms with Crippen LogP contribution in [-0.2, 0) is 11.3 Å². The summed E-state index contributed by atoms with van der Waals surface area (Å²) in [6.07, 6.45) is 0. The summed E-state index contributed by atoms with van der Waals surface area (Å²) in [6.45, 7) is 4.35. The number of nitrogens with zero attached hydrogens (tertiary/aromatic N) is 3. The Morgan fingerprint density at radius 3 is 2.70 bits per heavy atom. The number of para-hydroxylation sites is 1. The summed E-state index contributed by atoms with van der Waals surface area (Å²) in [5.41, 5.74) is 3.45. The molecule has 2 aromatic rings. The van der Waals surface area contributed by atoms with Gasteiger partial charge in [0, 0.05) is 25.0 Å². The highest BCUT2D eigenvalue weighted by molar-refractivity contribution is 5.91. The number of fused-ring (bicyclic) bond motifs is 1. The molecule has 106 valence electrons. The van der Waals surface area contributed by atoms with E-state index < -0.39 is 0 Å². The third-order valence-electron chi connectivity index (χ3n) is 3.59. The number of pyridine rings is 1. The topological polar surface area (TPSA) is 28.6 Å². The Labute approximate surface area is 120 Å². The van der Waals surface area contributed by atoms with E-state index in [1.165, 1.54) is 11.1 Å². The molecule has 1 aliphatic rings. The van der Waals surface area contributed by atoms with E-state index in [-0.39, 0.29) is 0 Å². The van der Waals surface area contributed by atoms with Gasteiger partial charge in [-0.15, -0.1) is 0 Å². The molecular formula is C16H21N3O. The predicted molar refractivity (Wildman–Crippen MR) is 82.2 cm³/mol. The number of hydrogen-bond acceptors (Lipinski definition) is 4. The zero-order valence-corrected chi connectivity index (χ0v) is 12.2. The van der Waals surface area contributed by atoms with E-state index in [1.54, 1.807) is 0 Å². The fraction of sp³-hybridized carbons (Fsp3) is 0.438. The zero-order chi connectivity index (χ0) is 13.9. The number of benzene rings is 1. The van der Waals surface area contributed by atoms with Gasteiger partial charge in [0.15, 0.2) is 0 Å². The van der Waals surface area contributed by atoms with Crippen LogP contribution in [0.5, 0.6) is 0 Å². The van der Waals surface area contributed by atoms with E-state index in [2.05, 4.69) is 54.2 Å². The molecule has 1 aliphatic heterocycles. The second kappa shape index (κ2) is 5.77. The predicted octanol–water partition coefficient (Wildman–Crippen LogP) is 2.13. The molecular weight excluding hydrogens is 250 g/mol. The quantitative estimate of drug-likeness (QED) is 0.855. The molecule has 1 aromatic carbocycles. The van der Waals surface area contributed by atoms with Gasteiger partial charge in [0.05, 0.1) is 30.1 Å². The minimum absolute atomic E-state index is 0.799. The SMILES string of the molecule is CN(C)Cc1ccc2cccc(N3CCOCC3)c2n1. The van der Waals surface area contributed by atoms with Gasteiger partial charge in [0.1, 0.15) is 0 Å². The Kier molecular flexibility index (Phi) is 3.85. The van der Waals surface area contributed by atoms with Crippen LogP contribution in [0.3, 0.4) is 0 Å². The lowest BCUT2D eigenvalue weighted by molar-refractivity contribution is 0.123. The van der Waals surface area contributed by atoms with Crippen molar-refractivity contribution in [2.45, 2.75) is 6.54 Å². The molecule has 2 heterocycles. The van der Waals surface area contributed by atoms with Crippen LogP contribution >= 0.6 is 0 Å². The monoisotopic (exact) mass is 271 g/mol. The van der Waals surface area contributed by atoms with E-state index in [4.69, 9.17) is 9.72 Å². The fourth-order valence-corrected chi connectivity index (χ4v) is 2.64. The van der Waals surface area contributed by atoms with Crippen LogP contribution in [0.4, 0.5) is 5.69 Å². The minimum atomic E-state index is 0.799. The Bertz CT molecular complexity index is 591. The van der Waals surface area contributed by atoms with Gasteiger partial charge in [0.25, 0.3) is 0 Å². The standard InChI is InChI=1S/C16H21N3O/c1-18(2)12-14-7-6-13-4-3-5-15(16(13)17-14)19-8-10-20-11-9-19/h3-7H,8-12H2,1-2H3. The van der Waals surface area contributed by atoms with E-state index in [0.29, 0.717) is 0 Å². The summed E-state index contributed by atoms with van der Waals surface area (Å²) in [5.74, 6) is 0. The van der Waals surface area contributed by atoms with E-state index in [1.807, 2.05) is 0 Å². The van der Waals surface area contributed by atoms with Crippen molar-refractivity contribution < 1.29 is 4.74 Å². The van der Waals surface area contributed by atoms with Crippen molar-refractivity contribution in [1.29, 1.82) is 0 Å². The van der Waals surface area contributed by atoms with Crippen molar-refractivity contribution in [3.8, 4) is 0 Å². The normalized spacial score (nSPS) is 16.1. The summed E-state index contributed by atoms with van der Waals surface area (Å²) in [7, 11) is 4.14. The molecule has 0 bridgehead atoms. The van der Waals surface area contributed by atoms with Crippen molar-refractivity contribution in [3.63, 3.8) is 0 Å². The lowest BCUT2D eigenvalue weighted by Gasteiger charge is -2.29.